The molecule has 1 aliphatic heterocycles. The van der Waals surface area contributed by atoms with Crippen molar-refractivity contribution in [2.45, 2.75) is 0 Å². The molecule has 0 fully saturated rings. The standard InChI is InChI=1S/C17H11Cl2N3O3/c18-11-6-5-10(14(19)7-11)8-20-21-15(23)9-22-16(24)12-3-1-2-4-13(12)17(22)25/h1-8H,9H2,(H,21,23)/b20-8-. The number of carbonyl (C=O) groups excluding carboxylic acids is 3. The maximum absolute atomic E-state index is 12.2. The van der Waals surface area contributed by atoms with E-state index in [9.17, 15) is 14.4 Å². The Bertz CT molecular complexity index is 877. The van der Waals surface area contributed by atoms with E-state index in [-0.39, 0.29) is 11.1 Å². The van der Waals surface area contributed by atoms with Crippen molar-refractivity contribution >= 4 is 47.1 Å². The average molecular weight is 376 g/mol. The third kappa shape index (κ3) is 3.55. The third-order valence-electron chi connectivity index (χ3n) is 3.54. The van der Waals surface area contributed by atoms with Crippen LogP contribution in [-0.4, -0.2) is 35.4 Å². The van der Waals surface area contributed by atoms with Gasteiger partial charge in [0.05, 0.1) is 22.4 Å². The highest BCUT2D eigenvalue weighted by molar-refractivity contribution is 6.36. The van der Waals surface area contributed by atoms with Crippen LogP contribution in [-0.2, 0) is 4.79 Å². The zero-order valence-corrected chi connectivity index (χ0v) is 14.2. The van der Waals surface area contributed by atoms with Crippen molar-refractivity contribution in [1.29, 1.82) is 0 Å². The van der Waals surface area contributed by atoms with Crippen LogP contribution in [0.15, 0.2) is 47.6 Å². The predicted octanol–water partition coefficient (Wildman–Crippen LogP) is 2.74. The van der Waals surface area contributed by atoms with E-state index < -0.39 is 24.3 Å². The van der Waals surface area contributed by atoms with Crippen LogP contribution in [0.5, 0.6) is 0 Å². The SMILES string of the molecule is O=C(CN1C(=O)c2ccccc2C1=O)N/N=C\c1ccc(Cl)cc1Cl. The molecule has 0 radical (unpaired) electrons. The van der Waals surface area contributed by atoms with Crippen LogP contribution < -0.4 is 5.43 Å². The number of rotatable bonds is 4. The van der Waals surface area contributed by atoms with E-state index in [0.29, 0.717) is 15.6 Å². The van der Waals surface area contributed by atoms with E-state index in [2.05, 4.69) is 10.5 Å². The van der Waals surface area contributed by atoms with Gasteiger partial charge in [-0.2, -0.15) is 5.10 Å². The number of fused-ring (bicyclic) bond motifs is 1. The van der Waals surface area contributed by atoms with Gasteiger partial charge >= 0.3 is 0 Å². The minimum absolute atomic E-state index is 0.289. The maximum atomic E-state index is 12.2. The summed E-state index contributed by atoms with van der Waals surface area (Å²) in [6.07, 6.45) is 1.35. The monoisotopic (exact) mass is 375 g/mol. The summed E-state index contributed by atoms with van der Waals surface area (Å²) in [5, 5.41) is 4.64. The molecule has 0 unspecified atom stereocenters. The van der Waals surface area contributed by atoms with E-state index in [1.165, 1.54) is 6.21 Å². The van der Waals surface area contributed by atoms with Crippen molar-refractivity contribution in [3.05, 3.63) is 69.2 Å². The smallest absolute Gasteiger partial charge is 0.262 e. The Balaban J connectivity index is 1.63. The summed E-state index contributed by atoms with van der Waals surface area (Å²) in [4.78, 5) is 37.2. The first-order chi connectivity index (χ1) is 12.0. The number of hydrogen-bond acceptors (Lipinski definition) is 4. The van der Waals surface area contributed by atoms with Crippen molar-refractivity contribution in [3.8, 4) is 0 Å². The molecule has 1 heterocycles. The Kier molecular flexibility index (Phi) is 4.83. The lowest BCUT2D eigenvalue weighted by atomic mass is 10.1. The lowest BCUT2D eigenvalue weighted by Gasteiger charge is -2.11. The van der Waals surface area contributed by atoms with E-state index in [0.717, 1.165) is 4.90 Å². The van der Waals surface area contributed by atoms with Gasteiger partial charge in [0, 0.05) is 10.6 Å². The Labute approximate surface area is 153 Å². The van der Waals surface area contributed by atoms with Gasteiger partial charge < -0.3 is 0 Å². The van der Waals surface area contributed by atoms with Gasteiger partial charge in [-0.05, 0) is 24.3 Å². The Morgan fingerprint density at radius 2 is 1.72 bits per heavy atom. The van der Waals surface area contributed by atoms with Crippen molar-refractivity contribution in [2.24, 2.45) is 5.10 Å². The molecule has 1 N–H and O–H groups in total. The van der Waals surface area contributed by atoms with Crippen LogP contribution in [0.2, 0.25) is 10.0 Å². The fourth-order valence-electron chi connectivity index (χ4n) is 2.34. The van der Waals surface area contributed by atoms with E-state index >= 15 is 0 Å². The molecule has 0 aliphatic carbocycles. The molecule has 3 rings (SSSR count). The summed E-state index contributed by atoms with van der Waals surface area (Å²) in [5.41, 5.74) is 3.40. The van der Waals surface area contributed by atoms with E-state index in [1.807, 2.05) is 0 Å². The van der Waals surface area contributed by atoms with Crippen LogP contribution in [0, 0.1) is 0 Å². The van der Waals surface area contributed by atoms with Gasteiger partial charge in [0.15, 0.2) is 0 Å². The van der Waals surface area contributed by atoms with Crippen LogP contribution in [0.3, 0.4) is 0 Å². The Hall–Kier alpha value is -2.70. The summed E-state index contributed by atoms with van der Waals surface area (Å²) < 4.78 is 0. The van der Waals surface area contributed by atoms with Gasteiger partial charge in [-0.1, -0.05) is 41.4 Å². The van der Waals surface area contributed by atoms with Crippen LogP contribution in [0.4, 0.5) is 0 Å². The average Bonchev–Trinajstić information content (AvgIpc) is 2.82. The number of hydrazone groups is 1. The van der Waals surface area contributed by atoms with Crippen molar-refractivity contribution in [2.75, 3.05) is 6.54 Å². The molecular formula is C17H11Cl2N3O3. The minimum Gasteiger partial charge on any atom is -0.271 e. The van der Waals surface area contributed by atoms with Crippen LogP contribution >= 0.6 is 23.2 Å². The quantitative estimate of drug-likeness (QED) is 0.506. The number of imide groups is 1. The molecule has 6 nitrogen and oxygen atoms in total. The highest BCUT2D eigenvalue weighted by Gasteiger charge is 2.36. The van der Waals surface area contributed by atoms with Crippen LogP contribution in [0.25, 0.3) is 0 Å². The number of halogens is 2. The third-order valence-corrected chi connectivity index (χ3v) is 4.10. The molecule has 1 aliphatic rings. The molecule has 0 spiro atoms. The van der Waals surface area contributed by atoms with Gasteiger partial charge in [-0.15, -0.1) is 0 Å². The number of nitrogens with zero attached hydrogens (tertiary/aromatic N) is 2. The zero-order valence-electron chi connectivity index (χ0n) is 12.7. The number of benzene rings is 2. The largest absolute Gasteiger partial charge is 0.271 e. The number of nitrogens with one attached hydrogen (secondary N) is 1. The predicted molar refractivity (Wildman–Crippen MR) is 94.0 cm³/mol. The van der Waals surface area contributed by atoms with Crippen molar-refractivity contribution in [3.63, 3.8) is 0 Å². The van der Waals surface area contributed by atoms with Gasteiger partial charge in [-0.3, -0.25) is 19.3 Å². The molecule has 8 heteroatoms. The molecule has 25 heavy (non-hydrogen) atoms. The molecule has 2 aromatic rings. The maximum Gasteiger partial charge on any atom is 0.262 e. The highest BCUT2D eigenvalue weighted by Crippen LogP contribution is 2.22. The summed E-state index contributed by atoms with van der Waals surface area (Å²) in [6.45, 7) is -0.419. The normalized spacial score (nSPS) is 13.4. The Morgan fingerprint density at radius 1 is 1.08 bits per heavy atom. The number of amides is 3. The minimum atomic E-state index is -0.601. The second kappa shape index (κ2) is 7.04. The second-order valence-corrected chi connectivity index (χ2v) is 6.04. The number of hydrogen-bond donors (Lipinski definition) is 1. The molecule has 0 saturated carbocycles. The van der Waals surface area contributed by atoms with E-state index in [1.54, 1.807) is 42.5 Å². The molecule has 3 amide bonds. The fraction of sp³-hybridized carbons (Fsp3) is 0.0588. The summed E-state index contributed by atoms with van der Waals surface area (Å²) in [7, 11) is 0. The molecule has 0 atom stereocenters. The lowest BCUT2D eigenvalue weighted by Crippen LogP contribution is -2.38. The molecule has 0 saturated heterocycles. The first-order valence-corrected chi connectivity index (χ1v) is 7.95. The summed E-state index contributed by atoms with van der Waals surface area (Å²) in [6, 6.07) is 11.2. The first kappa shape index (κ1) is 17.1. The second-order valence-electron chi connectivity index (χ2n) is 5.20. The molecule has 126 valence electrons. The molecule has 0 bridgehead atoms. The van der Waals surface area contributed by atoms with Gasteiger partial charge in [0.2, 0.25) is 0 Å². The topological polar surface area (TPSA) is 78.8 Å². The molecule has 2 aromatic carbocycles. The Morgan fingerprint density at radius 3 is 2.32 bits per heavy atom. The summed E-state index contributed by atoms with van der Waals surface area (Å²) >= 11 is 11.8. The highest BCUT2D eigenvalue weighted by atomic mass is 35.5. The fourth-order valence-corrected chi connectivity index (χ4v) is 2.80. The first-order valence-electron chi connectivity index (χ1n) is 7.19. The molecular weight excluding hydrogens is 365 g/mol. The van der Waals surface area contributed by atoms with Crippen LogP contribution in [0.1, 0.15) is 26.3 Å². The van der Waals surface area contributed by atoms with Crippen molar-refractivity contribution < 1.29 is 14.4 Å². The van der Waals surface area contributed by atoms with Gasteiger partial charge in [0.1, 0.15) is 6.54 Å². The lowest BCUT2D eigenvalue weighted by molar-refractivity contribution is -0.121. The number of carbonyl (C=O) groups is 3. The van der Waals surface area contributed by atoms with E-state index in [4.69, 9.17) is 23.2 Å². The zero-order chi connectivity index (χ0) is 18.0. The summed E-state index contributed by atoms with van der Waals surface area (Å²) in [5.74, 6) is -1.60. The van der Waals surface area contributed by atoms with Crippen molar-refractivity contribution in [1.82, 2.24) is 10.3 Å². The van der Waals surface area contributed by atoms with Gasteiger partial charge in [0.25, 0.3) is 17.7 Å². The van der Waals surface area contributed by atoms with Gasteiger partial charge in [-0.25, -0.2) is 5.43 Å². The molecule has 0 aromatic heterocycles.